The molecule has 148 valence electrons. The van der Waals surface area contributed by atoms with Gasteiger partial charge < -0.3 is 19.7 Å². The molecule has 2 saturated heterocycles. The molecule has 0 aromatic carbocycles. The van der Waals surface area contributed by atoms with Crippen LogP contribution in [0.3, 0.4) is 0 Å². The molecule has 2 atom stereocenters. The second-order valence-electron chi connectivity index (χ2n) is 6.36. The van der Waals surface area contributed by atoms with E-state index in [-0.39, 0.29) is 36.0 Å². The molecule has 0 spiro atoms. The van der Waals surface area contributed by atoms with Gasteiger partial charge in [-0.2, -0.15) is 0 Å². The fraction of sp³-hybridized carbons (Fsp3) is 0.933. The first-order valence-corrected chi connectivity index (χ1v) is 10.4. The van der Waals surface area contributed by atoms with Crippen molar-refractivity contribution in [3.05, 3.63) is 0 Å². The highest BCUT2D eigenvalue weighted by molar-refractivity contribution is 14.0. The largest absolute Gasteiger partial charge is 0.382 e. The normalized spacial score (nSPS) is 25.7. The Morgan fingerprint density at radius 2 is 2.12 bits per heavy atom. The molecule has 2 unspecified atom stereocenters. The number of hydrogen-bond acceptors (Lipinski definition) is 5. The summed E-state index contributed by atoms with van der Waals surface area (Å²) in [6.45, 7) is 7.42. The summed E-state index contributed by atoms with van der Waals surface area (Å²) in [5.41, 5.74) is 0. The zero-order valence-corrected chi connectivity index (χ0v) is 18.5. The van der Waals surface area contributed by atoms with Crippen LogP contribution >= 0.6 is 24.0 Å². The van der Waals surface area contributed by atoms with Gasteiger partial charge in [-0.05, 0) is 19.3 Å². The van der Waals surface area contributed by atoms with Crippen molar-refractivity contribution >= 4 is 40.0 Å². The number of nitrogens with one attached hydrogen (secondary N) is 1. The maximum Gasteiger partial charge on any atom is 0.211 e. The molecule has 2 heterocycles. The van der Waals surface area contributed by atoms with Crippen molar-refractivity contribution in [1.29, 1.82) is 0 Å². The molecule has 0 aromatic heterocycles. The van der Waals surface area contributed by atoms with Crippen molar-refractivity contribution in [2.45, 2.75) is 19.4 Å². The molecule has 1 N–H and O–H groups in total. The number of rotatable bonds is 6. The van der Waals surface area contributed by atoms with E-state index in [0.717, 1.165) is 32.0 Å². The third-order valence-corrected chi connectivity index (χ3v) is 5.61. The summed E-state index contributed by atoms with van der Waals surface area (Å²) in [6, 6.07) is 0. The summed E-state index contributed by atoms with van der Waals surface area (Å²) < 4.78 is 35.6. The Bertz CT molecular complexity index is 530. The molecule has 2 aliphatic heterocycles. The van der Waals surface area contributed by atoms with Gasteiger partial charge in [0.15, 0.2) is 5.96 Å². The van der Waals surface area contributed by atoms with Crippen molar-refractivity contribution in [3.63, 3.8) is 0 Å². The molecular formula is C15H31IN4O4S. The van der Waals surface area contributed by atoms with Crippen molar-refractivity contribution < 1.29 is 17.9 Å². The van der Waals surface area contributed by atoms with Crippen LogP contribution in [-0.2, 0) is 19.5 Å². The van der Waals surface area contributed by atoms with Crippen molar-refractivity contribution in [3.8, 4) is 0 Å². The Morgan fingerprint density at radius 1 is 1.36 bits per heavy atom. The number of halogens is 1. The number of ether oxygens (including phenoxy) is 2. The number of nitrogens with zero attached hydrogens (tertiary/aromatic N) is 3. The number of hydrogen-bond donors (Lipinski definition) is 1. The predicted molar refractivity (Wildman–Crippen MR) is 109 cm³/mol. The van der Waals surface area contributed by atoms with Gasteiger partial charge >= 0.3 is 0 Å². The van der Waals surface area contributed by atoms with Crippen LogP contribution in [0.5, 0.6) is 0 Å². The standard InChI is InChI=1S/C15H30N4O4S.HI/c1-4-16-15(18-7-8-23-14(11-18)12-22-2)17-9-13-5-6-19(10-13)24(3,20)21;/h13-14H,4-12H2,1-3H3,(H,16,17);1H. The molecular weight excluding hydrogens is 459 g/mol. The van der Waals surface area contributed by atoms with E-state index in [1.54, 1.807) is 11.4 Å². The minimum atomic E-state index is -3.09. The van der Waals surface area contributed by atoms with Crippen molar-refractivity contribution in [2.24, 2.45) is 10.9 Å². The first-order valence-electron chi connectivity index (χ1n) is 8.53. The zero-order valence-electron chi connectivity index (χ0n) is 15.3. The van der Waals surface area contributed by atoms with E-state index in [4.69, 9.17) is 14.5 Å². The van der Waals surface area contributed by atoms with Crippen LogP contribution in [0.2, 0.25) is 0 Å². The SMILES string of the molecule is CCNC(=NCC1CCN(S(C)(=O)=O)C1)N1CCOC(COC)C1.I. The first-order chi connectivity index (χ1) is 11.4. The summed E-state index contributed by atoms with van der Waals surface area (Å²) in [5.74, 6) is 1.16. The zero-order chi connectivity index (χ0) is 17.6. The van der Waals surface area contributed by atoms with E-state index in [1.165, 1.54) is 6.26 Å². The highest BCUT2D eigenvalue weighted by Gasteiger charge is 2.29. The molecule has 2 rings (SSSR count). The van der Waals surface area contributed by atoms with Gasteiger partial charge in [-0.1, -0.05) is 0 Å². The minimum absolute atomic E-state index is 0. The van der Waals surface area contributed by atoms with E-state index in [2.05, 4.69) is 10.2 Å². The second kappa shape index (κ2) is 10.9. The maximum absolute atomic E-state index is 11.6. The van der Waals surface area contributed by atoms with Crippen LogP contribution in [0, 0.1) is 5.92 Å². The molecule has 0 bridgehead atoms. The van der Waals surface area contributed by atoms with Crippen LogP contribution < -0.4 is 5.32 Å². The van der Waals surface area contributed by atoms with Crippen LogP contribution in [0.1, 0.15) is 13.3 Å². The van der Waals surface area contributed by atoms with Gasteiger partial charge in [-0.25, -0.2) is 12.7 Å². The van der Waals surface area contributed by atoms with Crippen LogP contribution in [0.4, 0.5) is 0 Å². The van der Waals surface area contributed by atoms with Crippen molar-refractivity contribution in [2.75, 3.05) is 65.8 Å². The maximum atomic E-state index is 11.6. The Hall–Kier alpha value is -0.170. The Labute approximate surface area is 168 Å². The number of sulfonamides is 1. The van der Waals surface area contributed by atoms with E-state index in [1.807, 2.05) is 6.92 Å². The third kappa shape index (κ3) is 7.16. The third-order valence-electron chi connectivity index (χ3n) is 4.34. The second-order valence-corrected chi connectivity index (χ2v) is 8.35. The van der Waals surface area contributed by atoms with E-state index < -0.39 is 10.0 Å². The fourth-order valence-electron chi connectivity index (χ4n) is 3.09. The Balaban J connectivity index is 0.00000312. The number of guanidine groups is 1. The summed E-state index contributed by atoms with van der Waals surface area (Å²) in [7, 11) is -1.41. The molecule has 10 heteroatoms. The monoisotopic (exact) mass is 490 g/mol. The lowest BCUT2D eigenvalue weighted by atomic mass is 10.1. The van der Waals surface area contributed by atoms with Gasteiger partial charge in [-0.15, -0.1) is 24.0 Å². The van der Waals surface area contributed by atoms with Crippen LogP contribution in [0.15, 0.2) is 4.99 Å². The molecule has 0 saturated carbocycles. The lowest BCUT2D eigenvalue weighted by Crippen LogP contribution is -2.51. The highest BCUT2D eigenvalue weighted by atomic mass is 127. The highest BCUT2D eigenvalue weighted by Crippen LogP contribution is 2.19. The molecule has 0 aliphatic carbocycles. The van der Waals surface area contributed by atoms with Gasteiger partial charge in [-0.3, -0.25) is 4.99 Å². The predicted octanol–water partition coefficient (Wildman–Crippen LogP) is 0.199. The minimum Gasteiger partial charge on any atom is -0.382 e. The number of morpholine rings is 1. The molecule has 0 radical (unpaired) electrons. The van der Waals surface area contributed by atoms with Crippen LogP contribution in [0.25, 0.3) is 0 Å². The Kier molecular flexibility index (Phi) is 9.93. The average molecular weight is 490 g/mol. The summed E-state index contributed by atoms with van der Waals surface area (Å²) >= 11 is 0. The number of methoxy groups -OCH3 is 1. The summed E-state index contributed by atoms with van der Waals surface area (Å²) in [4.78, 5) is 6.94. The summed E-state index contributed by atoms with van der Waals surface area (Å²) in [6.07, 6.45) is 2.19. The molecule has 8 nitrogen and oxygen atoms in total. The van der Waals surface area contributed by atoms with Gasteiger partial charge in [0, 0.05) is 46.4 Å². The van der Waals surface area contributed by atoms with Gasteiger partial charge in [0.2, 0.25) is 10.0 Å². The van der Waals surface area contributed by atoms with Gasteiger partial charge in [0.05, 0.1) is 25.6 Å². The van der Waals surface area contributed by atoms with Gasteiger partial charge in [0.25, 0.3) is 0 Å². The topological polar surface area (TPSA) is 83.5 Å². The Morgan fingerprint density at radius 3 is 2.72 bits per heavy atom. The molecule has 2 aliphatic rings. The molecule has 2 fully saturated rings. The first kappa shape index (κ1) is 22.9. The van der Waals surface area contributed by atoms with Gasteiger partial charge in [0.1, 0.15) is 0 Å². The lowest BCUT2D eigenvalue weighted by Gasteiger charge is -2.35. The van der Waals surface area contributed by atoms with Crippen molar-refractivity contribution in [1.82, 2.24) is 14.5 Å². The molecule has 0 amide bonds. The van der Waals surface area contributed by atoms with Crippen LogP contribution in [-0.4, -0.2) is 95.5 Å². The molecule has 25 heavy (non-hydrogen) atoms. The quantitative estimate of drug-likeness (QED) is 0.326. The summed E-state index contributed by atoms with van der Waals surface area (Å²) in [5, 5.41) is 3.33. The number of aliphatic imine (C=N–C) groups is 1. The smallest absolute Gasteiger partial charge is 0.211 e. The van der Waals surface area contributed by atoms with E-state index in [0.29, 0.717) is 32.8 Å². The lowest BCUT2D eigenvalue weighted by molar-refractivity contribution is -0.0447. The fourth-order valence-corrected chi connectivity index (χ4v) is 4.01. The van der Waals surface area contributed by atoms with E-state index >= 15 is 0 Å². The van der Waals surface area contributed by atoms with E-state index in [9.17, 15) is 8.42 Å². The average Bonchev–Trinajstić information content (AvgIpc) is 3.01. The molecule has 0 aromatic rings.